The van der Waals surface area contributed by atoms with Crippen LogP contribution in [0.15, 0.2) is 53.7 Å². The first-order valence-corrected chi connectivity index (χ1v) is 14.5. The normalized spacial score (nSPS) is 21.8. The van der Waals surface area contributed by atoms with Gasteiger partial charge in [-0.1, -0.05) is 41.6 Å². The second-order valence-corrected chi connectivity index (χ2v) is 12.3. The summed E-state index contributed by atoms with van der Waals surface area (Å²) >= 11 is 1.40. The molecule has 2 unspecified atom stereocenters. The van der Waals surface area contributed by atoms with E-state index in [0.29, 0.717) is 19.6 Å². The maximum Gasteiger partial charge on any atom is 0.233 e. The van der Waals surface area contributed by atoms with E-state index >= 15 is 0 Å². The van der Waals surface area contributed by atoms with Gasteiger partial charge in [0.25, 0.3) is 0 Å². The third-order valence-electron chi connectivity index (χ3n) is 6.54. The van der Waals surface area contributed by atoms with Gasteiger partial charge in [-0.25, -0.2) is 13.4 Å². The maximum atomic E-state index is 13.4. The molecule has 2 saturated heterocycles. The van der Waals surface area contributed by atoms with Crippen molar-refractivity contribution in [2.24, 2.45) is 0 Å². The van der Waals surface area contributed by atoms with E-state index in [-0.39, 0.29) is 35.3 Å². The van der Waals surface area contributed by atoms with E-state index in [0.717, 1.165) is 34.7 Å². The van der Waals surface area contributed by atoms with Crippen LogP contribution in [0.5, 0.6) is 0 Å². The van der Waals surface area contributed by atoms with Crippen LogP contribution in [-0.2, 0) is 19.4 Å². The molecule has 7 nitrogen and oxygen atoms in total. The largest absolute Gasteiger partial charge is 0.376 e. The number of sulfone groups is 1. The zero-order chi connectivity index (χ0) is 23.7. The van der Waals surface area contributed by atoms with E-state index in [1.807, 2.05) is 24.3 Å². The van der Waals surface area contributed by atoms with Crippen LogP contribution in [0.4, 0.5) is 0 Å². The second-order valence-electron chi connectivity index (χ2n) is 9.08. The van der Waals surface area contributed by atoms with Gasteiger partial charge in [0.2, 0.25) is 5.91 Å². The SMILES string of the molecule is Cc1ccc(-n2c(SCC(=O)N(CC3CCCO3)C3CCS(=O)(=O)C3)nc3ccccc32)cc1. The zero-order valence-corrected chi connectivity index (χ0v) is 20.9. The molecule has 0 saturated carbocycles. The number of imidazole rings is 1. The second kappa shape index (κ2) is 9.71. The number of fused-ring (bicyclic) bond motifs is 1. The summed E-state index contributed by atoms with van der Waals surface area (Å²) in [6.07, 6.45) is 2.35. The number of aryl methyl sites for hydroxylation is 1. The van der Waals surface area contributed by atoms with Gasteiger partial charge in [-0.15, -0.1) is 0 Å². The van der Waals surface area contributed by atoms with Crippen LogP contribution in [-0.4, -0.2) is 71.3 Å². The predicted octanol–water partition coefficient (Wildman–Crippen LogP) is 3.62. The van der Waals surface area contributed by atoms with Gasteiger partial charge in [0.15, 0.2) is 15.0 Å². The van der Waals surface area contributed by atoms with Crippen LogP contribution in [0, 0.1) is 6.92 Å². The number of rotatable bonds is 7. The van der Waals surface area contributed by atoms with E-state index in [9.17, 15) is 13.2 Å². The van der Waals surface area contributed by atoms with Crippen LogP contribution in [0.25, 0.3) is 16.7 Å². The highest BCUT2D eigenvalue weighted by molar-refractivity contribution is 7.99. The zero-order valence-electron chi connectivity index (χ0n) is 19.2. The fraction of sp³-hybridized carbons (Fsp3) is 0.440. The number of carbonyl (C=O) groups is 1. The summed E-state index contributed by atoms with van der Waals surface area (Å²) in [5, 5.41) is 0.745. The highest BCUT2D eigenvalue weighted by atomic mass is 32.2. The molecule has 2 aliphatic heterocycles. The summed E-state index contributed by atoms with van der Waals surface area (Å²) in [7, 11) is -3.10. The summed E-state index contributed by atoms with van der Waals surface area (Å²) in [5.74, 6) is 0.310. The third kappa shape index (κ3) is 5.01. The molecule has 2 atom stereocenters. The highest BCUT2D eigenvalue weighted by Crippen LogP contribution is 2.29. The molecule has 2 fully saturated rings. The molecule has 3 heterocycles. The molecule has 0 N–H and O–H groups in total. The average molecular weight is 500 g/mol. The number of hydrogen-bond donors (Lipinski definition) is 0. The summed E-state index contributed by atoms with van der Waals surface area (Å²) in [4.78, 5) is 20.0. The number of nitrogens with zero attached hydrogens (tertiary/aromatic N) is 3. The minimum absolute atomic E-state index is 0.0191. The first kappa shape index (κ1) is 23.4. The lowest BCUT2D eigenvalue weighted by atomic mass is 10.1. The fourth-order valence-electron chi connectivity index (χ4n) is 4.74. The van der Waals surface area contributed by atoms with Gasteiger partial charge in [-0.05, 0) is 50.5 Å². The number of benzene rings is 2. The van der Waals surface area contributed by atoms with Gasteiger partial charge >= 0.3 is 0 Å². The van der Waals surface area contributed by atoms with Crippen LogP contribution in [0.2, 0.25) is 0 Å². The van der Waals surface area contributed by atoms with Crippen molar-refractivity contribution in [2.45, 2.75) is 43.5 Å². The lowest BCUT2D eigenvalue weighted by molar-refractivity contribution is -0.131. The van der Waals surface area contributed by atoms with Gasteiger partial charge in [-0.2, -0.15) is 0 Å². The Kier molecular flexibility index (Phi) is 6.68. The van der Waals surface area contributed by atoms with Gasteiger partial charge < -0.3 is 9.64 Å². The Morgan fingerprint density at radius 3 is 2.68 bits per heavy atom. The molecular weight excluding hydrogens is 470 g/mol. The van der Waals surface area contributed by atoms with Crippen molar-refractivity contribution in [3.05, 3.63) is 54.1 Å². The molecule has 180 valence electrons. The Balaban J connectivity index is 1.39. The third-order valence-corrected chi connectivity index (χ3v) is 9.21. The van der Waals surface area contributed by atoms with Gasteiger partial charge in [-0.3, -0.25) is 9.36 Å². The minimum atomic E-state index is -3.10. The van der Waals surface area contributed by atoms with Gasteiger partial charge in [0.1, 0.15) is 0 Å². The molecule has 34 heavy (non-hydrogen) atoms. The van der Waals surface area contributed by atoms with Crippen molar-refractivity contribution in [2.75, 3.05) is 30.4 Å². The minimum Gasteiger partial charge on any atom is -0.376 e. The van der Waals surface area contributed by atoms with Crippen molar-refractivity contribution in [1.29, 1.82) is 0 Å². The summed E-state index contributed by atoms with van der Waals surface area (Å²) in [6, 6.07) is 15.9. The van der Waals surface area contributed by atoms with Crippen molar-refractivity contribution >= 4 is 38.5 Å². The average Bonchev–Trinajstić information content (AvgIpc) is 3.55. The first-order chi connectivity index (χ1) is 16.4. The van der Waals surface area contributed by atoms with Crippen LogP contribution < -0.4 is 0 Å². The molecule has 0 aliphatic carbocycles. The molecule has 0 radical (unpaired) electrons. The Morgan fingerprint density at radius 1 is 1.18 bits per heavy atom. The van der Waals surface area contributed by atoms with Crippen LogP contribution in [0.1, 0.15) is 24.8 Å². The predicted molar refractivity (Wildman–Crippen MR) is 134 cm³/mol. The maximum absolute atomic E-state index is 13.4. The van der Waals surface area contributed by atoms with E-state index in [4.69, 9.17) is 9.72 Å². The molecule has 2 aromatic carbocycles. The Hall–Kier alpha value is -2.36. The fourth-order valence-corrected chi connectivity index (χ4v) is 7.38. The first-order valence-electron chi connectivity index (χ1n) is 11.7. The number of aromatic nitrogens is 2. The summed E-state index contributed by atoms with van der Waals surface area (Å²) in [6.45, 7) is 3.20. The number of amides is 1. The summed E-state index contributed by atoms with van der Waals surface area (Å²) in [5.41, 5.74) is 4.02. The standard InChI is InChI=1S/C25H29N3O4S2/c1-18-8-10-19(11-9-18)28-23-7-3-2-6-22(23)26-25(28)33-16-24(29)27(15-21-5-4-13-32-21)20-12-14-34(30,31)17-20/h2-3,6-11,20-21H,4-5,12-17H2,1H3. The smallest absolute Gasteiger partial charge is 0.233 e. The van der Waals surface area contributed by atoms with Crippen molar-refractivity contribution < 1.29 is 17.9 Å². The monoisotopic (exact) mass is 499 g/mol. The number of thioether (sulfide) groups is 1. The number of ether oxygens (including phenoxy) is 1. The Labute approximate surface area is 204 Å². The highest BCUT2D eigenvalue weighted by Gasteiger charge is 2.36. The molecule has 3 aromatic rings. The summed E-state index contributed by atoms with van der Waals surface area (Å²) < 4.78 is 32.1. The van der Waals surface area contributed by atoms with Crippen molar-refractivity contribution in [3.8, 4) is 5.69 Å². The molecule has 1 amide bonds. The molecule has 0 bridgehead atoms. The molecule has 5 rings (SSSR count). The number of carbonyl (C=O) groups excluding carboxylic acids is 1. The molecular formula is C25H29N3O4S2. The molecule has 2 aliphatic rings. The Bertz CT molecular complexity index is 1280. The number of para-hydroxylation sites is 2. The van der Waals surface area contributed by atoms with Crippen molar-refractivity contribution in [3.63, 3.8) is 0 Å². The van der Waals surface area contributed by atoms with Crippen molar-refractivity contribution in [1.82, 2.24) is 14.5 Å². The lowest BCUT2D eigenvalue weighted by Gasteiger charge is -2.30. The van der Waals surface area contributed by atoms with Gasteiger partial charge in [0, 0.05) is 24.9 Å². The van der Waals surface area contributed by atoms with E-state index in [1.54, 1.807) is 4.90 Å². The van der Waals surface area contributed by atoms with Gasteiger partial charge in [0.05, 0.1) is 34.4 Å². The molecule has 9 heteroatoms. The van der Waals surface area contributed by atoms with E-state index in [2.05, 4.69) is 35.8 Å². The van der Waals surface area contributed by atoms with E-state index < -0.39 is 9.84 Å². The molecule has 1 aromatic heterocycles. The number of hydrogen-bond acceptors (Lipinski definition) is 6. The van der Waals surface area contributed by atoms with Crippen LogP contribution >= 0.6 is 11.8 Å². The molecule has 0 spiro atoms. The Morgan fingerprint density at radius 2 is 1.97 bits per heavy atom. The lowest BCUT2D eigenvalue weighted by Crippen LogP contribution is -2.46. The topological polar surface area (TPSA) is 81.5 Å². The quantitative estimate of drug-likeness (QED) is 0.462. The van der Waals surface area contributed by atoms with Crippen LogP contribution in [0.3, 0.4) is 0 Å². The van der Waals surface area contributed by atoms with E-state index in [1.165, 1.54) is 17.3 Å².